The fourth-order valence-corrected chi connectivity index (χ4v) is 3.60. The van der Waals surface area contributed by atoms with Gasteiger partial charge in [0.25, 0.3) is 0 Å². The summed E-state index contributed by atoms with van der Waals surface area (Å²) in [7, 11) is 0. The Hall–Kier alpha value is -3.64. The molecule has 1 fully saturated rings. The summed E-state index contributed by atoms with van der Waals surface area (Å²) in [5, 5.41) is 13.5. The summed E-state index contributed by atoms with van der Waals surface area (Å²) in [4.78, 5) is 18.6. The largest absolute Gasteiger partial charge is 0.404 e. The molecular formula is C21H24N8O. The third kappa shape index (κ3) is 4.18. The van der Waals surface area contributed by atoms with Crippen LogP contribution < -0.4 is 11.1 Å². The first-order chi connectivity index (χ1) is 14.8. The van der Waals surface area contributed by atoms with Gasteiger partial charge in [0.2, 0.25) is 0 Å². The molecule has 1 saturated heterocycles. The van der Waals surface area contributed by atoms with E-state index in [1.165, 1.54) is 18.2 Å². The fraction of sp³-hybridized carbons (Fsp3) is 0.333. The second-order valence-corrected chi connectivity index (χ2v) is 7.00. The molecule has 4 N–H and O–H groups in total. The second-order valence-electron chi connectivity index (χ2n) is 7.00. The van der Waals surface area contributed by atoms with Gasteiger partial charge in [-0.1, -0.05) is 0 Å². The molecule has 0 bridgehead atoms. The number of dihydropyridines is 1. The average molecular weight is 404 g/mol. The lowest BCUT2D eigenvalue weighted by atomic mass is 10.0. The molecule has 0 spiro atoms. The molecule has 2 aromatic heterocycles. The number of ether oxygens (including phenoxy) is 1. The minimum atomic E-state index is -0.308. The molecule has 0 aliphatic carbocycles. The summed E-state index contributed by atoms with van der Waals surface area (Å²) in [6.45, 7) is 3.95. The molecule has 2 aromatic rings. The van der Waals surface area contributed by atoms with Gasteiger partial charge < -0.3 is 25.7 Å². The van der Waals surface area contributed by atoms with Crippen LogP contribution in [0.25, 0.3) is 16.6 Å². The highest BCUT2D eigenvalue weighted by Gasteiger charge is 2.20. The number of nitrogens with two attached hydrogens (primary N) is 1. The standard InChI is InChI=1S/C21H24N8O/c22-3-1-19(15-9-17(13-24-11-15)29-5-7-30-8-6-29)26-12-16(10-23)20-18-2-4-25-21(18)28-14-27-20/h2,4,9-12,14,19,24H,1,5-8,13,23H2,(H,25,27,28). The molecule has 2 aliphatic heterocycles. The number of rotatable bonds is 6. The lowest BCUT2D eigenvalue weighted by Crippen LogP contribution is -2.39. The van der Waals surface area contributed by atoms with Gasteiger partial charge in [0.1, 0.15) is 12.0 Å². The highest BCUT2D eigenvalue weighted by Crippen LogP contribution is 2.22. The lowest BCUT2D eigenvalue weighted by molar-refractivity contribution is 0.0526. The Bertz CT molecular complexity index is 1050. The van der Waals surface area contributed by atoms with E-state index in [0.717, 1.165) is 49.5 Å². The highest BCUT2D eigenvalue weighted by molar-refractivity contribution is 6.13. The van der Waals surface area contributed by atoms with Crippen LogP contribution in [0.4, 0.5) is 0 Å². The van der Waals surface area contributed by atoms with Crippen LogP contribution in [0.2, 0.25) is 0 Å². The summed E-state index contributed by atoms with van der Waals surface area (Å²) in [5.74, 6) is 0. The molecule has 154 valence electrons. The summed E-state index contributed by atoms with van der Waals surface area (Å²) in [5.41, 5.74) is 10.1. The monoisotopic (exact) mass is 404 g/mol. The topological polar surface area (TPSA) is 128 Å². The highest BCUT2D eigenvalue weighted by atomic mass is 16.5. The van der Waals surface area contributed by atoms with E-state index in [2.05, 4.69) is 37.3 Å². The summed E-state index contributed by atoms with van der Waals surface area (Å²) < 4.78 is 5.45. The van der Waals surface area contributed by atoms with Crippen LogP contribution in [0.1, 0.15) is 12.1 Å². The van der Waals surface area contributed by atoms with E-state index in [9.17, 15) is 5.26 Å². The molecule has 0 saturated carbocycles. The van der Waals surface area contributed by atoms with Crippen molar-refractivity contribution in [2.45, 2.75) is 12.5 Å². The van der Waals surface area contributed by atoms with Gasteiger partial charge in [-0.2, -0.15) is 5.26 Å². The minimum absolute atomic E-state index is 0.262. The predicted molar refractivity (Wildman–Crippen MR) is 115 cm³/mol. The number of nitrogens with zero attached hydrogens (tertiary/aromatic N) is 5. The van der Waals surface area contributed by atoms with Gasteiger partial charge >= 0.3 is 0 Å². The van der Waals surface area contributed by atoms with E-state index in [1.807, 2.05) is 18.5 Å². The SMILES string of the molecule is N#CCC(N=CC(=CN)c1ncnc2[nH]ccc12)C1=CNCC(N2CCOCC2)=C1. The number of nitrogens with one attached hydrogen (secondary N) is 2. The predicted octanol–water partition coefficient (Wildman–Crippen LogP) is 1.31. The van der Waals surface area contributed by atoms with Crippen molar-refractivity contribution in [1.82, 2.24) is 25.2 Å². The number of nitriles is 1. The van der Waals surface area contributed by atoms with Gasteiger partial charge in [-0.25, -0.2) is 9.97 Å². The Balaban J connectivity index is 1.57. The zero-order chi connectivity index (χ0) is 20.8. The number of H-pyrrole nitrogens is 1. The number of aromatic nitrogens is 3. The van der Waals surface area contributed by atoms with Crippen molar-refractivity contribution < 1.29 is 4.74 Å². The minimum Gasteiger partial charge on any atom is -0.404 e. The normalized spacial score (nSPS) is 18.6. The molecule has 0 amide bonds. The van der Waals surface area contributed by atoms with Gasteiger partial charge in [0.05, 0.1) is 44.0 Å². The fourth-order valence-electron chi connectivity index (χ4n) is 3.60. The van der Waals surface area contributed by atoms with Gasteiger partial charge in [0.15, 0.2) is 0 Å². The number of hydrogen-bond donors (Lipinski definition) is 3. The smallest absolute Gasteiger partial charge is 0.141 e. The molecule has 0 radical (unpaired) electrons. The average Bonchev–Trinajstić information content (AvgIpc) is 3.29. The maximum absolute atomic E-state index is 9.35. The number of morpholine rings is 1. The molecule has 9 nitrogen and oxygen atoms in total. The quantitative estimate of drug-likeness (QED) is 0.619. The van der Waals surface area contributed by atoms with E-state index >= 15 is 0 Å². The van der Waals surface area contributed by atoms with Gasteiger partial charge in [-0.15, -0.1) is 0 Å². The van der Waals surface area contributed by atoms with Crippen molar-refractivity contribution in [1.29, 1.82) is 5.26 Å². The molecule has 2 aliphatic rings. The first-order valence-electron chi connectivity index (χ1n) is 9.87. The number of aliphatic imine (C=N–C) groups is 1. The maximum Gasteiger partial charge on any atom is 0.141 e. The Morgan fingerprint density at radius 1 is 1.40 bits per heavy atom. The van der Waals surface area contributed by atoms with Crippen LogP contribution in [0, 0.1) is 11.3 Å². The Morgan fingerprint density at radius 2 is 2.27 bits per heavy atom. The molecule has 4 rings (SSSR count). The van der Waals surface area contributed by atoms with Crippen molar-refractivity contribution in [3.05, 3.63) is 54.0 Å². The van der Waals surface area contributed by atoms with Crippen LogP contribution >= 0.6 is 0 Å². The summed E-state index contributed by atoms with van der Waals surface area (Å²) in [6, 6.07) is 3.83. The van der Waals surface area contributed by atoms with E-state index in [1.54, 1.807) is 6.21 Å². The number of fused-ring (bicyclic) bond motifs is 1. The van der Waals surface area contributed by atoms with Gasteiger partial charge in [0, 0.05) is 54.6 Å². The Morgan fingerprint density at radius 3 is 3.07 bits per heavy atom. The van der Waals surface area contributed by atoms with Crippen molar-refractivity contribution in [2.75, 3.05) is 32.8 Å². The molecule has 1 unspecified atom stereocenters. The van der Waals surface area contributed by atoms with Gasteiger partial charge in [-0.05, 0) is 17.7 Å². The van der Waals surface area contributed by atoms with Crippen molar-refractivity contribution in [2.24, 2.45) is 10.7 Å². The molecule has 0 aromatic carbocycles. The van der Waals surface area contributed by atoms with Crippen molar-refractivity contribution in [3.63, 3.8) is 0 Å². The molecule has 30 heavy (non-hydrogen) atoms. The Kier molecular flexibility index (Phi) is 6.06. The maximum atomic E-state index is 9.35. The van der Waals surface area contributed by atoms with Crippen LogP contribution in [-0.2, 0) is 4.74 Å². The first kappa shape index (κ1) is 19.7. The summed E-state index contributed by atoms with van der Waals surface area (Å²) in [6.07, 6.45) is 10.8. The van der Waals surface area contributed by atoms with Crippen LogP contribution in [0.5, 0.6) is 0 Å². The van der Waals surface area contributed by atoms with E-state index in [0.29, 0.717) is 11.3 Å². The van der Waals surface area contributed by atoms with Crippen molar-refractivity contribution in [3.8, 4) is 6.07 Å². The molecular weight excluding hydrogens is 380 g/mol. The molecule has 4 heterocycles. The lowest BCUT2D eigenvalue weighted by Gasteiger charge is -2.33. The van der Waals surface area contributed by atoms with E-state index in [4.69, 9.17) is 15.5 Å². The zero-order valence-electron chi connectivity index (χ0n) is 16.6. The zero-order valence-corrected chi connectivity index (χ0v) is 16.6. The van der Waals surface area contributed by atoms with Crippen LogP contribution in [0.15, 0.2) is 53.3 Å². The van der Waals surface area contributed by atoms with E-state index in [-0.39, 0.29) is 12.5 Å². The molecule has 1 atom stereocenters. The van der Waals surface area contributed by atoms with Crippen LogP contribution in [0.3, 0.4) is 0 Å². The Labute approximate surface area is 174 Å². The third-order valence-corrected chi connectivity index (χ3v) is 5.17. The summed E-state index contributed by atoms with van der Waals surface area (Å²) >= 11 is 0. The number of allylic oxidation sites excluding steroid dienone is 1. The third-order valence-electron chi connectivity index (χ3n) is 5.17. The number of aromatic amines is 1. The first-order valence-corrected chi connectivity index (χ1v) is 9.87. The van der Waals surface area contributed by atoms with Crippen LogP contribution in [-0.4, -0.2) is 65.0 Å². The second kappa shape index (κ2) is 9.24. The van der Waals surface area contributed by atoms with E-state index < -0.39 is 0 Å². The van der Waals surface area contributed by atoms with Gasteiger partial charge in [-0.3, -0.25) is 4.99 Å². The number of hydrogen-bond acceptors (Lipinski definition) is 8. The molecule has 9 heteroatoms. The van der Waals surface area contributed by atoms with Crippen molar-refractivity contribution >= 4 is 22.8 Å².